The van der Waals surface area contributed by atoms with Gasteiger partial charge in [-0.15, -0.1) is 0 Å². The van der Waals surface area contributed by atoms with Gasteiger partial charge in [-0.2, -0.15) is 0 Å². The third-order valence-corrected chi connectivity index (χ3v) is 8.47. The van der Waals surface area contributed by atoms with Crippen LogP contribution in [0, 0.1) is 12.8 Å². The molecule has 5 rings (SSSR count). The van der Waals surface area contributed by atoms with E-state index in [0.717, 1.165) is 61.3 Å². The van der Waals surface area contributed by atoms with Crippen LogP contribution in [0.5, 0.6) is 11.5 Å². The minimum Gasteiger partial charge on any atom is -0.465 e. The summed E-state index contributed by atoms with van der Waals surface area (Å²) in [6.07, 6.45) is 6.43. The van der Waals surface area contributed by atoms with Crippen molar-refractivity contribution in [1.29, 1.82) is 0 Å². The lowest BCUT2D eigenvalue weighted by Crippen LogP contribution is -2.46. The molecule has 2 fully saturated rings. The van der Waals surface area contributed by atoms with Gasteiger partial charge >= 0.3 is 5.97 Å². The first kappa shape index (κ1) is 26.8. The number of fused-ring (bicyclic) bond motifs is 1. The average molecular weight is 524 g/mol. The van der Waals surface area contributed by atoms with Crippen LogP contribution in [0.3, 0.4) is 0 Å². The van der Waals surface area contributed by atoms with Crippen LogP contribution in [-0.2, 0) is 9.47 Å². The number of ether oxygens (including phenoxy) is 4. The van der Waals surface area contributed by atoms with E-state index in [1.54, 1.807) is 0 Å². The normalized spacial score (nSPS) is 29.0. The highest BCUT2D eigenvalue weighted by Crippen LogP contribution is 2.53. The molecule has 1 aromatic carbocycles. The van der Waals surface area contributed by atoms with Crippen molar-refractivity contribution in [3.63, 3.8) is 0 Å². The summed E-state index contributed by atoms with van der Waals surface area (Å²) in [6.45, 7) is 9.71. The van der Waals surface area contributed by atoms with E-state index in [-0.39, 0.29) is 18.1 Å². The van der Waals surface area contributed by atoms with Gasteiger partial charge in [0.15, 0.2) is 11.5 Å². The lowest BCUT2D eigenvalue weighted by molar-refractivity contribution is -0.123. The zero-order valence-corrected chi connectivity index (χ0v) is 23.7. The van der Waals surface area contributed by atoms with E-state index < -0.39 is 11.8 Å². The van der Waals surface area contributed by atoms with Crippen LogP contribution < -0.4 is 14.4 Å². The number of anilines is 1. The summed E-state index contributed by atoms with van der Waals surface area (Å²) in [5, 5.41) is 0. The monoisotopic (exact) mass is 523 g/mol. The van der Waals surface area contributed by atoms with Gasteiger partial charge in [0.1, 0.15) is 5.82 Å². The molecule has 8 heteroatoms. The Hall–Kier alpha value is -2.84. The number of morpholine rings is 1. The number of carbonyl (C=O) groups is 1. The zero-order valence-electron chi connectivity index (χ0n) is 23.7. The number of esters is 1. The first-order valence-electron chi connectivity index (χ1n) is 13.8. The van der Waals surface area contributed by atoms with Crippen molar-refractivity contribution in [3.05, 3.63) is 35.5 Å². The van der Waals surface area contributed by atoms with Crippen molar-refractivity contribution >= 4 is 11.8 Å². The van der Waals surface area contributed by atoms with Crippen LogP contribution in [0.1, 0.15) is 62.4 Å². The maximum Gasteiger partial charge on any atom is 0.338 e. The molecule has 38 heavy (non-hydrogen) atoms. The molecule has 1 saturated carbocycles. The molecule has 3 atom stereocenters. The van der Waals surface area contributed by atoms with Crippen LogP contribution in [-0.4, -0.2) is 74.2 Å². The fraction of sp³-hybridized carbons (Fsp3) is 0.600. The molecule has 0 spiro atoms. The largest absolute Gasteiger partial charge is 0.465 e. The minimum absolute atomic E-state index is 0.152. The van der Waals surface area contributed by atoms with Crippen LogP contribution in [0.15, 0.2) is 24.4 Å². The van der Waals surface area contributed by atoms with Gasteiger partial charge in [-0.05, 0) is 78.7 Å². The summed E-state index contributed by atoms with van der Waals surface area (Å²) in [5.74, 6) is 1.28. The van der Waals surface area contributed by atoms with E-state index in [4.69, 9.17) is 23.9 Å². The van der Waals surface area contributed by atoms with Gasteiger partial charge in [-0.3, -0.25) is 0 Å². The number of benzene rings is 1. The van der Waals surface area contributed by atoms with Gasteiger partial charge in [0.05, 0.1) is 24.9 Å². The number of rotatable bonds is 5. The highest BCUT2D eigenvalue weighted by molar-refractivity contribution is 5.95. The molecule has 0 bridgehead atoms. The lowest BCUT2D eigenvalue weighted by Gasteiger charge is -2.39. The van der Waals surface area contributed by atoms with Crippen molar-refractivity contribution in [3.8, 4) is 22.6 Å². The maximum absolute atomic E-state index is 12.7. The number of methoxy groups -OCH3 is 1. The zero-order chi connectivity index (χ0) is 27.2. The Labute approximate surface area is 226 Å². The van der Waals surface area contributed by atoms with Crippen LogP contribution in [0.2, 0.25) is 0 Å². The molecule has 0 amide bonds. The molecule has 1 unspecified atom stereocenters. The number of nitrogens with zero attached hydrogens (tertiary/aromatic N) is 3. The molecule has 8 nitrogen and oxygen atoms in total. The molecule has 1 saturated heterocycles. The van der Waals surface area contributed by atoms with Gasteiger partial charge in [0.2, 0.25) is 0 Å². The Balaban J connectivity index is 1.47. The number of aromatic nitrogens is 1. The topological polar surface area (TPSA) is 73.4 Å². The highest BCUT2D eigenvalue weighted by atomic mass is 16.7. The molecule has 0 N–H and O–H groups in total. The molecule has 3 aliphatic rings. The third-order valence-electron chi connectivity index (χ3n) is 8.47. The number of pyridine rings is 1. The Morgan fingerprint density at radius 2 is 1.74 bits per heavy atom. The summed E-state index contributed by atoms with van der Waals surface area (Å²) in [5.41, 5.74) is 2.88. The van der Waals surface area contributed by atoms with Gasteiger partial charge in [0.25, 0.3) is 5.79 Å². The van der Waals surface area contributed by atoms with Gasteiger partial charge < -0.3 is 28.7 Å². The predicted octanol–water partition coefficient (Wildman–Crippen LogP) is 5.07. The molecular formula is C30H41N3O5. The first-order chi connectivity index (χ1) is 18.1. The van der Waals surface area contributed by atoms with E-state index in [2.05, 4.69) is 37.7 Å². The molecule has 1 aromatic heterocycles. The van der Waals surface area contributed by atoms with Crippen LogP contribution in [0.25, 0.3) is 11.1 Å². The number of hydrogen-bond donors (Lipinski definition) is 0. The summed E-state index contributed by atoms with van der Waals surface area (Å²) >= 11 is 0. The molecule has 2 aromatic rings. The van der Waals surface area contributed by atoms with E-state index in [1.165, 1.54) is 7.11 Å². The number of carbonyl (C=O) groups excluding carboxylic acids is 1. The summed E-state index contributed by atoms with van der Waals surface area (Å²) in [6, 6.07) is 6.51. The fourth-order valence-electron chi connectivity index (χ4n) is 6.30. The van der Waals surface area contributed by atoms with Crippen molar-refractivity contribution in [2.45, 2.75) is 77.4 Å². The maximum atomic E-state index is 12.7. The molecule has 206 valence electrons. The Bertz CT molecular complexity index is 1170. The van der Waals surface area contributed by atoms with E-state index in [1.807, 2.05) is 38.2 Å². The Kier molecular flexibility index (Phi) is 7.31. The quantitative estimate of drug-likeness (QED) is 0.504. The minimum atomic E-state index is -0.790. The predicted molar refractivity (Wildman–Crippen MR) is 147 cm³/mol. The van der Waals surface area contributed by atoms with Crippen molar-refractivity contribution in [2.24, 2.45) is 5.92 Å². The Morgan fingerprint density at radius 1 is 1.08 bits per heavy atom. The van der Waals surface area contributed by atoms with Gasteiger partial charge in [-0.25, -0.2) is 9.78 Å². The standard InChI is InChI=1S/C30H41N3O5/c1-18-16-33(17-19(2)36-18)26-13-8-21(15-31-26)25-14-24(29(34)35-7)20(3)27-28(25)38-30(4,37-27)22-9-11-23(12-10-22)32(5)6/h8,13-15,18-19,22-23H,9-12,16-17H2,1-7H3/t18-,19+,22-,23-,30?. The first-order valence-corrected chi connectivity index (χ1v) is 13.8. The molecular weight excluding hydrogens is 482 g/mol. The van der Waals surface area contributed by atoms with Crippen LogP contribution >= 0.6 is 0 Å². The smallest absolute Gasteiger partial charge is 0.338 e. The number of hydrogen-bond acceptors (Lipinski definition) is 8. The second-order valence-corrected chi connectivity index (χ2v) is 11.5. The SMILES string of the molecule is COC(=O)c1cc(-c2ccc(N3C[C@@H](C)O[C@@H](C)C3)nc2)c2c(c1C)OC(C)([C@H]1CC[C@H](N(C)C)CC1)O2. The van der Waals surface area contributed by atoms with Crippen molar-refractivity contribution in [2.75, 3.05) is 39.2 Å². The second-order valence-electron chi connectivity index (χ2n) is 11.5. The third kappa shape index (κ3) is 4.96. The van der Waals surface area contributed by atoms with Crippen LogP contribution in [0.4, 0.5) is 5.82 Å². The van der Waals surface area contributed by atoms with Crippen molar-refractivity contribution < 1.29 is 23.7 Å². The molecule has 1 aliphatic carbocycles. The summed E-state index contributed by atoms with van der Waals surface area (Å²) in [7, 11) is 5.70. The summed E-state index contributed by atoms with van der Waals surface area (Å²) < 4.78 is 24.3. The van der Waals surface area contributed by atoms with Gasteiger partial charge in [0, 0.05) is 54.9 Å². The average Bonchev–Trinajstić information content (AvgIpc) is 3.27. The van der Waals surface area contributed by atoms with E-state index in [0.29, 0.717) is 23.1 Å². The fourth-order valence-corrected chi connectivity index (χ4v) is 6.30. The van der Waals surface area contributed by atoms with Crippen molar-refractivity contribution in [1.82, 2.24) is 9.88 Å². The van der Waals surface area contributed by atoms with E-state index >= 15 is 0 Å². The second kappa shape index (κ2) is 10.4. The summed E-state index contributed by atoms with van der Waals surface area (Å²) in [4.78, 5) is 22.1. The molecule has 0 radical (unpaired) electrons. The van der Waals surface area contributed by atoms with E-state index in [9.17, 15) is 4.79 Å². The Morgan fingerprint density at radius 3 is 2.32 bits per heavy atom. The molecule has 3 heterocycles. The highest BCUT2D eigenvalue weighted by Gasteiger charge is 2.47. The van der Waals surface area contributed by atoms with Gasteiger partial charge in [-0.1, -0.05) is 0 Å². The molecule has 2 aliphatic heterocycles. The lowest BCUT2D eigenvalue weighted by atomic mass is 9.81.